The molecular formula is C28H28O. The molecule has 0 saturated carbocycles. The van der Waals surface area contributed by atoms with E-state index in [-0.39, 0.29) is 5.92 Å². The van der Waals surface area contributed by atoms with Crippen molar-refractivity contribution >= 4 is 0 Å². The first kappa shape index (κ1) is 20.4. The molecule has 4 aromatic carbocycles. The van der Waals surface area contributed by atoms with Gasteiger partial charge >= 0.3 is 0 Å². The van der Waals surface area contributed by atoms with Gasteiger partial charge in [-0.25, -0.2) is 0 Å². The number of phenolic OH excluding ortho intramolecular Hbond substituents is 1. The van der Waals surface area contributed by atoms with Gasteiger partial charge in [0.1, 0.15) is 5.75 Å². The molecule has 1 nitrogen and oxygen atoms in total. The quantitative estimate of drug-likeness (QED) is 0.373. The van der Waals surface area contributed by atoms with Crippen molar-refractivity contribution in [3.05, 3.63) is 137 Å². The summed E-state index contributed by atoms with van der Waals surface area (Å²) in [7, 11) is 0. The molecule has 4 aromatic rings. The fraction of sp³-hybridized carbons (Fsp3) is 0.143. The van der Waals surface area contributed by atoms with Crippen molar-refractivity contribution in [3.63, 3.8) is 0 Å². The normalized spacial score (nSPS) is 11.3. The molecule has 0 spiro atoms. The molecule has 4 rings (SSSR count). The number of benzene rings is 4. The molecule has 1 unspecified atom stereocenters. The monoisotopic (exact) mass is 380 g/mol. The Morgan fingerprint density at radius 2 is 1.00 bits per heavy atom. The van der Waals surface area contributed by atoms with Gasteiger partial charge in [0, 0.05) is 5.92 Å². The molecule has 0 saturated heterocycles. The summed E-state index contributed by atoms with van der Waals surface area (Å²) in [5, 5.41) is 10.2. The Balaban J connectivity index is 0.000000343. The molecule has 1 N–H and O–H groups in total. The van der Waals surface area contributed by atoms with Gasteiger partial charge in [0.2, 0.25) is 0 Å². The standard InChI is InChI=1S/C22H22O.C6H6/c1-15-9-7-12-19(16(15)2)22(18-10-5-4-6-11-18)20-13-8-14-21(23)17(20)3;1-2-4-6-5-3-1/h4-14,22-23H,1-3H3;1-6H. The summed E-state index contributed by atoms with van der Waals surface area (Å²) in [4.78, 5) is 0. The largest absolute Gasteiger partial charge is 0.508 e. The number of aromatic hydroxyl groups is 1. The van der Waals surface area contributed by atoms with E-state index in [1.54, 1.807) is 6.07 Å². The number of phenols is 1. The lowest BCUT2D eigenvalue weighted by atomic mass is 9.80. The third-order valence-electron chi connectivity index (χ3n) is 5.42. The molecule has 146 valence electrons. The van der Waals surface area contributed by atoms with Gasteiger partial charge in [-0.3, -0.25) is 0 Å². The lowest BCUT2D eigenvalue weighted by Crippen LogP contribution is -2.08. The molecular weight excluding hydrogens is 352 g/mol. The van der Waals surface area contributed by atoms with E-state index in [1.807, 2.05) is 55.5 Å². The van der Waals surface area contributed by atoms with Crippen molar-refractivity contribution in [2.45, 2.75) is 26.7 Å². The Hall–Kier alpha value is -3.32. The van der Waals surface area contributed by atoms with Crippen LogP contribution in [0.3, 0.4) is 0 Å². The van der Waals surface area contributed by atoms with Crippen LogP contribution in [-0.4, -0.2) is 5.11 Å². The van der Waals surface area contributed by atoms with E-state index in [0.29, 0.717) is 5.75 Å². The van der Waals surface area contributed by atoms with Crippen LogP contribution in [0.2, 0.25) is 0 Å². The average Bonchev–Trinajstić information content (AvgIpc) is 2.77. The van der Waals surface area contributed by atoms with Crippen LogP contribution in [0.5, 0.6) is 5.75 Å². The molecule has 0 aliphatic carbocycles. The van der Waals surface area contributed by atoms with E-state index in [0.717, 1.165) is 11.1 Å². The van der Waals surface area contributed by atoms with E-state index in [4.69, 9.17) is 0 Å². The topological polar surface area (TPSA) is 20.2 Å². The Morgan fingerprint density at radius 3 is 1.59 bits per heavy atom. The molecule has 0 amide bonds. The van der Waals surface area contributed by atoms with Gasteiger partial charge in [-0.1, -0.05) is 97.1 Å². The van der Waals surface area contributed by atoms with E-state index in [9.17, 15) is 5.11 Å². The number of rotatable bonds is 3. The lowest BCUT2D eigenvalue weighted by Gasteiger charge is -2.23. The van der Waals surface area contributed by atoms with E-state index >= 15 is 0 Å². The highest BCUT2D eigenvalue weighted by Gasteiger charge is 2.21. The Kier molecular flexibility index (Phi) is 6.86. The number of hydrogen-bond donors (Lipinski definition) is 1. The highest BCUT2D eigenvalue weighted by Crippen LogP contribution is 2.38. The molecule has 29 heavy (non-hydrogen) atoms. The van der Waals surface area contributed by atoms with Crippen LogP contribution in [0.15, 0.2) is 103 Å². The molecule has 0 bridgehead atoms. The molecule has 1 atom stereocenters. The van der Waals surface area contributed by atoms with Gasteiger partial charge in [-0.15, -0.1) is 0 Å². The predicted molar refractivity (Wildman–Crippen MR) is 123 cm³/mol. The van der Waals surface area contributed by atoms with Crippen LogP contribution in [0, 0.1) is 20.8 Å². The lowest BCUT2D eigenvalue weighted by molar-refractivity contribution is 0.470. The number of hydrogen-bond acceptors (Lipinski definition) is 1. The fourth-order valence-electron chi connectivity index (χ4n) is 3.60. The van der Waals surface area contributed by atoms with Gasteiger partial charge in [0.05, 0.1) is 0 Å². The minimum atomic E-state index is 0.128. The SMILES string of the molecule is Cc1cccc(C(c2ccccc2)c2cccc(O)c2C)c1C.c1ccccc1. The maximum Gasteiger partial charge on any atom is 0.118 e. The van der Waals surface area contributed by atoms with Crippen LogP contribution in [0.1, 0.15) is 39.3 Å². The maximum absolute atomic E-state index is 10.2. The van der Waals surface area contributed by atoms with Crippen LogP contribution >= 0.6 is 0 Å². The molecule has 0 radical (unpaired) electrons. The second-order valence-corrected chi connectivity index (χ2v) is 7.28. The predicted octanol–water partition coefficient (Wildman–Crippen LogP) is 7.18. The van der Waals surface area contributed by atoms with Crippen LogP contribution in [0.4, 0.5) is 0 Å². The highest BCUT2D eigenvalue weighted by molar-refractivity contribution is 5.52. The minimum absolute atomic E-state index is 0.128. The van der Waals surface area contributed by atoms with Crippen molar-refractivity contribution < 1.29 is 5.11 Å². The average molecular weight is 381 g/mol. The molecule has 0 aliphatic rings. The van der Waals surface area contributed by atoms with Crippen molar-refractivity contribution in [2.24, 2.45) is 0 Å². The Bertz CT molecular complexity index is 958. The fourth-order valence-corrected chi connectivity index (χ4v) is 3.60. The van der Waals surface area contributed by atoms with Crippen molar-refractivity contribution in [1.29, 1.82) is 0 Å². The van der Waals surface area contributed by atoms with Crippen LogP contribution in [0.25, 0.3) is 0 Å². The van der Waals surface area contributed by atoms with Crippen LogP contribution < -0.4 is 0 Å². The first-order valence-electron chi connectivity index (χ1n) is 9.99. The van der Waals surface area contributed by atoms with Crippen LogP contribution in [-0.2, 0) is 0 Å². The van der Waals surface area contributed by atoms with Gasteiger partial charge < -0.3 is 5.11 Å². The Labute approximate surface area is 174 Å². The molecule has 0 fully saturated rings. The maximum atomic E-state index is 10.2. The molecule has 0 aromatic heterocycles. The molecule has 1 heteroatoms. The second-order valence-electron chi connectivity index (χ2n) is 7.28. The minimum Gasteiger partial charge on any atom is -0.508 e. The summed E-state index contributed by atoms with van der Waals surface area (Å²) in [6, 6.07) is 34.8. The van der Waals surface area contributed by atoms with Gasteiger partial charge in [0.25, 0.3) is 0 Å². The first-order valence-corrected chi connectivity index (χ1v) is 9.99. The number of aryl methyl sites for hydroxylation is 1. The summed E-state index contributed by atoms with van der Waals surface area (Å²) < 4.78 is 0. The van der Waals surface area contributed by atoms with Gasteiger partial charge in [0.15, 0.2) is 0 Å². The zero-order chi connectivity index (χ0) is 20.6. The zero-order valence-electron chi connectivity index (χ0n) is 17.3. The van der Waals surface area contributed by atoms with Gasteiger partial charge in [-0.05, 0) is 60.2 Å². The third kappa shape index (κ3) is 4.94. The van der Waals surface area contributed by atoms with Crippen molar-refractivity contribution in [3.8, 4) is 5.75 Å². The van der Waals surface area contributed by atoms with Gasteiger partial charge in [-0.2, -0.15) is 0 Å². The summed E-state index contributed by atoms with van der Waals surface area (Å²) in [5.74, 6) is 0.483. The highest BCUT2D eigenvalue weighted by atomic mass is 16.3. The molecule has 0 heterocycles. The van der Waals surface area contributed by atoms with E-state index in [1.165, 1.54) is 22.3 Å². The second kappa shape index (κ2) is 9.75. The summed E-state index contributed by atoms with van der Waals surface area (Å²) >= 11 is 0. The summed E-state index contributed by atoms with van der Waals surface area (Å²) in [6.45, 7) is 6.32. The summed E-state index contributed by atoms with van der Waals surface area (Å²) in [6.07, 6.45) is 0. The van der Waals surface area contributed by atoms with E-state index < -0.39 is 0 Å². The third-order valence-corrected chi connectivity index (χ3v) is 5.42. The zero-order valence-corrected chi connectivity index (χ0v) is 17.3. The molecule has 0 aliphatic heterocycles. The summed E-state index contributed by atoms with van der Waals surface area (Å²) in [5.41, 5.74) is 7.25. The van der Waals surface area contributed by atoms with E-state index in [2.05, 4.69) is 62.4 Å². The first-order chi connectivity index (χ1) is 14.1. The van der Waals surface area contributed by atoms with Crippen molar-refractivity contribution in [1.82, 2.24) is 0 Å². The van der Waals surface area contributed by atoms with Crippen molar-refractivity contribution in [2.75, 3.05) is 0 Å². The Morgan fingerprint density at radius 1 is 0.517 bits per heavy atom. The smallest absolute Gasteiger partial charge is 0.118 e.